The molecule has 1 aromatic heterocycles. The summed E-state index contributed by atoms with van der Waals surface area (Å²) in [4.78, 5) is 29.7. The number of halogens is 2. The second kappa shape index (κ2) is 10.0. The summed E-state index contributed by atoms with van der Waals surface area (Å²) in [6.07, 6.45) is 1.42. The number of amides is 1. The Bertz CT molecular complexity index is 1070. The van der Waals surface area contributed by atoms with Crippen molar-refractivity contribution in [3.63, 3.8) is 0 Å². The first-order valence-electron chi connectivity index (χ1n) is 9.32. The van der Waals surface area contributed by atoms with Crippen LogP contribution in [0.3, 0.4) is 0 Å². The van der Waals surface area contributed by atoms with Crippen LogP contribution in [0.5, 0.6) is 0 Å². The molecule has 0 saturated heterocycles. The number of hydrogen-bond acceptors (Lipinski definition) is 4. The Hall–Kier alpha value is -2.19. The first-order chi connectivity index (χ1) is 14.0. The van der Waals surface area contributed by atoms with Crippen LogP contribution in [-0.2, 0) is 17.8 Å². The number of carbonyl (C=O) groups excluding carboxylic acids is 1. The van der Waals surface area contributed by atoms with Crippen LogP contribution in [0.4, 0.5) is 4.39 Å². The maximum atomic E-state index is 12.9. The van der Waals surface area contributed by atoms with E-state index in [0.29, 0.717) is 35.6 Å². The van der Waals surface area contributed by atoms with Gasteiger partial charge in [0.15, 0.2) is 5.16 Å². The molecule has 0 bridgehead atoms. The summed E-state index contributed by atoms with van der Waals surface area (Å²) in [5.41, 5.74) is 1.47. The lowest BCUT2D eigenvalue weighted by atomic mass is 10.1. The minimum Gasteiger partial charge on any atom is -0.355 e. The van der Waals surface area contributed by atoms with Gasteiger partial charge in [0.2, 0.25) is 5.91 Å². The normalized spacial score (nSPS) is 11.0. The molecular formula is C21H21BrFN3O2S. The van der Waals surface area contributed by atoms with Crippen LogP contribution in [0.2, 0.25) is 0 Å². The lowest BCUT2D eigenvalue weighted by Gasteiger charge is -2.12. The van der Waals surface area contributed by atoms with Crippen molar-refractivity contribution in [1.29, 1.82) is 0 Å². The fourth-order valence-electron chi connectivity index (χ4n) is 2.88. The minimum absolute atomic E-state index is 0.0997. The van der Waals surface area contributed by atoms with Crippen molar-refractivity contribution in [1.82, 2.24) is 14.9 Å². The quantitative estimate of drug-likeness (QED) is 0.390. The Morgan fingerprint density at radius 1 is 1.24 bits per heavy atom. The van der Waals surface area contributed by atoms with Crippen molar-refractivity contribution in [3.05, 3.63) is 68.7 Å². The highest BCUT2D eigenvalue weighted by Crippen LogP contribution is 2.20. The number of benzene rings is 2. The summed E-state index contributed by atoms with van der Waals surface area (Å²) in [6.45, 7) is 3.00. The molecule has 2 aromatic carbocycles. The van der Waals surface area contributed by atoms with E-state index in [1.165, 1.54) is 23.9 Å². The molecule has 152 valence electrons. The fraction of sp³-hybridized carbons (Fsp3) is 0.286. The summed E-state index contributed by atoms with van der Waals surface area (Å²) < 4.78 is 15.4. The molecule has 0 fully saturated rings. The number of aromatic nitrogens is 2. The van der Waals surface area contributed by atoms with E-state index in [9.17, 15) is 14.0 Å². The van der Waals surface area contributed by atoms with E-state index in [2.05, 4.69) is 26.2 Å². The van der Waals surface area contributed by atoms with Gasteiger partial charge in [-0.25, -0.2) is 9.37 Å². The van der Waals surface area contributed by atoms with Gasteiger partial charge in [-0.05, 0) is 48.7 Å². The smallest absolute Gasteiger partial charge is 0.262 e. The summed E-state index contributed by atoms with van der Waals surface area (Å²) in [5.74, 6) is -0.241. The van der Waals surface area contributed by atoms with Crippen LogP contribution < -0.4 is 10.9 Å². The third-order valence-corrected chi connectivity index (χ3v) is 5.78. The second-order valence-corrected chi connectivity index (χ2v) is 8.39. The summed E-state index contributed by atoms with van der Waals surface area (Å²) in [5, 5.41) is 3.95. The third kappa shape index (κ3) is 5.67. The Morgan fingerprint density at radius 3 is 2.72 bits per heavy atom. The fourth-order valence-corrected chi connectivity index (χ4v) is 4.10. The Balaban J connectivity index is 1.65. The van der Waals surface area contributed by atoms with Crippen LogP contribution in [0.1, 0.15) is 18.9 Å². The zero-order valence-electron chi connectivity index (χ0n) is 16.0. The van der Waals surface area contributed by atoms with Crippen molar-refractivity contribution in [2.45, 2.75) is 31.5 Å². The predicted molar refractivity (Wildman–Crippen MR) is 118 cm³/mol. The van der Waals surface area contributed by atoms with Gasteiger partial charge in [-0.2, -0.15) is 0 Å². The van der Waals surface area contributed by atoms with Crippen molar-refractivity contribution >= 4 is 44.5 Å². The lowest BCUT2D eigenvalue weighted by Crippen LogP contribution is -2.28. The molecule has 1 amide bonds. The molecule has 1 heterocycles. The highest BCUT2D eigenvalue weighted by molar-refractivity contribution is 9.10. The zero-order chi connectivity index (χ0) is 20.8. The highest BCUT2D eigenvalue weighted by Gasteiger charge is 2.13. The molecule has 0 atom stereocenters. The van der Waals surface area contributed by atoms with Gasteiger partial charge in [0.25, 0.3) is 5.56 Å². The molecular weight excluding hydrogens is 457 g/mol. The van der Waals surface area contributed by atoms with Crippen LogP contribution in [-0.4, -0.2) is 27.8 Å². The van der Waals surface area contributed by atoms with Crippen LogP contribution in [0.25, 0.3) is 10.9 Å². The van der Waals surface area contributed by atoms with Crippen LogP contribution in [0, 0.1) is 5.82 Å². The van der Waals surface area contributed by atoms with E-state index in [1.807, 2.05) is 13.0 Å². The molecule has 3 aromatic rings. The monoisotopic (exact) mass is 477 g/mol. The maximum absolute atomic E-state index is 12.9. The average Bonchev–Trinajstić information content (AvgIpc) is 2.71. The van der Waals surface area contributed by atoms with Crippen molar-refractivity contribution < 1.29 is 9.18 Å². The van der Waals surface area contributed by atoms with Crippen LogP contribution in [0.15, 0.2) is 56.9 Å². The van der Waals surface area contributed by atoms with Gasteiger partial charge in [0.1, 0.15) is 5.82 Å². The number of nitrogens with zero attached hydrogens (tertiary/aromatic N) is 2. The highest BCUT2D eigenvalue weighted by atomic mass is 79.9. The summed E-state index contributed by atoms with van der Waals surface area (Å²) in [6, 6.07) is 11.6. The van der Waals surface area contributed by atoms with Gasteiger partial charge in [0.05, 0.1) is 16.7 Å². The predicted octanol–water partition coefficient (Wildman–Crippen LogP) is 4.16. The van der Waals surface area contributed by atoms with Crippen LogP contribution >= 0.6 is 27.7 Å². The first kappa shape index (κ1) is 21.5. The lowest BCUT2D eigenvalue weighted by molar-refractivity contribution is -0.118. The van der Waals surface area contributed by atoms with E-state index in [0.717, 1.165) is 16.5 Å². The molecule has 0 saturated carbocycles. The van der Waals surface area contributed by atoms with Gasteiger partial charge in [-0.15, -0.1) is 0 Å². The molecule has 5 nitrogen and oxygen atoms in total. The Labute approximate surface area is 180 Å². The molecule has 0 aliphatic heterocycles. The Morgan fingerprint density at radius 2 is 2.00 bits per heavy atom. The largest absolute Gasteiger partial charge is 0.355 e. The summed E-state index contributed by atoms with van der Waals surface area (Å²) in [7, 11) is 0. The third-order valence-electron chi connectivity index (χ3n) is 4.31. The number of carbonyl (C=O) groups is 1. The molecule has 0 radical (unpaired) electrons. The van der Waals surface area contributed by atoms with Gasteiger partial charge >= 0.3 is 0 Å². The second-order valence-electron chi connectivity index (χ2n) is 6.53. The summed E-state index contributed by atoms with van der Waals surface area (Å²) >= 11 is 4.65. The van der Waals surface area contributed by atoms with Crippen molar-refractivity contribution in [2.24, 2.45) is 0 Å². The van der Waals surface area contributed by atoms with Gasteiger partial charge in [-0.1, -0.05) is 46.7 Å². The number of nitrogens with one attached hydrogen (secondary N) is 1. The van der Waals surface area contributed by atoms with Gasteiger partial charge in [-0.3, -0.25) is 14.2 Å². The van der Waals surface area contributed by atoms with E-state index in [4.69, 9.17) is 0 Å². The standard InChI is InChI=1S/C21H21BrFN3O2S/c1-2-11-26-20(28)17-12-15(22)5-8-18(17)25-21(26)29-13-19(27)24-10-9-14-3-6-16(23)7-4-14/h3-8,12H,2,9-11,13H2,1H3,(H,24,27). The van der Waals surface area contributed by atoms with E-state index < -0.39 is 0 Å². The number of rotatable bonds is 8. The number of hydrogen-bond donors (Lipinski definition) is 1. The average molecular weight is 478 g/mol. The topological polar surface area (TPSA) is 64.0 Å². The molecule has 0 aliphatic carbocycles. The van der Waals surface area contributed by atoms with E-state index >= 15 is 0 Å². The zero-order valence-corrected chi connectivity index (χ0v) is 18.4. The van der Waals surface area contributed by atoms with E-state index in [1.54, 1.807) is 28.8 Å². The molecule has 3 rings (SSSR count). The SMILES string of the molecule is CCCn1c(SCC(=O)NCCc2ccc(F)cc2)nc2ccc(Br)cc2c1=O. The molecule has 0 unspecified atom stereocenters. The van der Waals surface area contributed by atoms with Crippen molar-refractivity contribution in [3.8, 4) is 0 Å². The minimum atomic E-state index is -0.275. The number of thioether (sulfide) groups is 1. The first-order valence-corrected chi connectivity index (χ1v) is 11.1. The number of fused-ring (bicyclic) bond motifs is 1. The Kier molecular flexibility index (Phi) is 7.44. The van der Waals surface area contributed by atoms with Gasteiger partial charge < -0.3 is 5.32 Å². The van der Waals surface area contributed by atoms with E-state index in [-0.39, 0.29) is 23.0 Å². The van der Waals surface area contributed by atoms with Gasteiger partial charge in [0, 0.05) is 17.6 Å². The molecule has 8 heteroatoms. The van der Waals surface area contributed by atoms with Crippen molar-refractivity contribution in [2.75, 3.05) is 12.3 Å². The molecule has 29 heavy (non-hydrogen) atoms. The maximum Gasteiger partial charge on any atom is 0.262 e. The molecule has 0 spiro atoms. The molecule has 0 aliphatic rings. The molecule has 1 N–H and O–H groups in total.